The second kappa shape index (κ2) is 39.4. The van der Waals surface area contributed by atoms with Gasteiger partial charge in [0.15, 0.2) is 37.3 Å². The minimum absolute atomic E-state index is 0.0278. The first kappa shape index (κ1) is 86.3. The molecule has 7 heterocycles. The summed E-state index contributed by atoms with van der Waals surface area (Å²) >= 11 is 1.85. The summed E-state index contributed by atoms with van der Waals surface area (Å²) in [4.78, 5) is 132. The second-order valence-electron chi connectivity index (χ2n) is 25.0. The highest BCUT2D eigenvalue weighted by Crippen LogP contribution is 2.36. The van der Waals surface area contributed by atoms with E-state index in [0.717, 1.165) is 49.0 Å². The van der Waals surface area contributed by atoms with Gasteiger partial charge in [0.25, 0.3) is 11.8 Å². The number of nitrogens with one attached hydrogen (secondary N) is 8. The fourth-order valence-corrected chi connectivity index (χ4v) is 12.5. The summed E-state index contributed by atoms with van der Waals surface area (Å²) in [7, 11) is 0. The Labute approximate surface area is 614 Å². The van der Waals surface area contributed by atoms with Crippen LogP contribution in [0.1, 0.15) is 94.9 Å². The molecule has 32 N–H and O–H groups in total. The van der Waals surface area contributed by atoms with Gasteiger partial charge in [-0.15, -0.1) is 22.7 Å². The minimum atomic E-state index is -2.26. The highest BCUT2D eigenvalue weighted by molar-refractivity contribution is 7.14. The van der Waals surface area contributed by atoms with Gasteiger partial charge in [0.05, 0.1) is 86.9 Å². The monoisotopic (exact) mass is 1560 g/mol. The average Bonchev–Trinajstić information content (AvgIpc) is 0.849. The Morgan fingerprint density at radius 3 is 2.04 bits per heavy atom. The molecule has 596 valence electrons. The number of hydrogen-bond donors (Lipinski definition) is 26. The molecule has 0 aromatic carbocycles. The van der Waals surface area contributed by atoms with Gasteiger partial charge in [-0.3, -0.25) is 33.6 Å². The number of aliphatic hydroxyl groups is 12. The van der Waals surface area contributed by atoms with Gasteiger partial charge in [0.2, 0.25) is 29.5 Å². The van der Waals surface area contributed by atoms with Crippen LogP contribution in [0.3, 0.4) is 0 Å². The van der Waals surface area contributed by atoms with E-state index in [4.69, 9.17) is 72.7 Å². The van der Waals surface area contributed by atoms with Gasteiger partial charge in [-0.25, -0.2) is 29.7 Å². The van der Waals surface area contributed by atoms with Gasteiger partial charge < -0.3 is 171 Å². The minimum Gasteiger partial charge on any atom is -0.441 e. The van der Waals surface area contributed by atoms with Crippen LogP contribution in [0.25, 0.3) is 10.7 Å². The summed E-state index contributed by atoms with van der Waals surface area (Å²) in [6, 6.07) is -9.69. The van der Waals surface area contributed by atoms with Crippen LogP contribution in [-0.4, -0.2) is 319 Å². The van der Waals surface area contributed by atoms with E-state index in [-0.39, 0.29) is 45.8 Å². The van der Waals surface area contributed by atoms with Crippen LogP contribution >= 0.6 is 22.7 Å². The molecule has 0 spiro atoms. The molecule has 0 saturated carbocycles. The summed E-state index contributed by atoms with van der Waals surface area (Å²) in [5, 5.41) is 152. The first-order valence-electron chi connectivity index (χ1n) is 33.0. The fourth-order valence-electron chi connectivity index (χ4n) is 10.9. The number of aromatic nitrogens is 6. The number of aromatic amines is 1. The number of thiazole rings is 2. The molecule has 3 saturated heterocycles. The number of anilines is 1. The zero-order valence-corrected chi connectivity index (χ0v) is 59.2. The van der Waals surface area contributed by atoms with E-state index >= 15 is 4.79 Å². The van der Waals surface area contributed by atoms with Crippen molar-refractivity contribution in [3.8, 4) is 10.7 Å². The Morgan fingerprint density at radius 2 is 1.40 bits per heavy atom. The highest BCUT2D eigenvalue weighted by Gasteiger charge is 2.54. The maximum atomic E-state index is 15.3. The number of primary amides is 3. The van der Waals surface area contributed by atoms with Crippen LogP contribution in [-0.2, 0) is 57.1 Å². The lowest BCUT2D eigenvalue weighted by atomic mass is 9.97. The SMILES string of the molecule is Cc1c(N)nc([C@H](CC(N)=O)NC[C@H](N)C(N)=O)nc1C(=O)N[C@H](C(=O)N[C@H](C)[C@@H](O)CC(=O)N[C@H](C(=O)NC(O[C@@H]1O[C@@H](C)[C@@H](N)[C@@H](O)[C@H]1O)C(O)c1nc(-c2nc(C(=O)NCCNCCO)cs2)cs1)[C@@H](C)O)[C@@H](O[C@@H]1O[C@@H](CO)[C@@H](O)[C@H](O)[C@@H]1O[C@H]1O[C@H](CO)[C@@H](O)[C@H](OC(N)=O)[C@@H]1O)c1cnc[nH]1. The van der Waals surface area contributed by atoms with E-state index in [0.29, 0.717) is 13.1 Å². The number of ether oxygens (including phenoxy) is 7. The van der Waals surface area contributed by atoms with Crippen LogP contribution in [0.4, 0.5) is 10.6 Å². The summed E-state index contributed by atoms with van der Waals surface area (Å²) in [6.45, 7) is 3.21. The van der Waals surface area contributed by atoms with E-state index < -0.39 is 250 Å². The predicted octanol–water partition coefficient (Wildman–Crippen LogP) is -12.0. The molecule has 3 aliphatic heterocycles. The number of carbonyl (C=O) groups excluding carboxylic acids is 8. The summed E-state index contributed by atoms with van der Waals surface area (Å²) in [6.07, 6.45) is -37.9. The van der Waals surface area contributed by atoms with Crippen molar-refractivity contribution in [2.75, 3.05) is 51.7 Å². The lowest BCUT2D eigenvalue weighted by molar-refractivity contribution is -0.372. The number of rotatable bonds is 38. The number of nitrogen functional groups attached to an aromatic ring is 1. The van der Waals surface area contributed by atoms with Crippen molar-refractivity contribution in [1.29, 1.82) is 0 Å². The van der Waals surface area contributed by atoms with E-state index in [9.17, 15) is 89.7 Å². The quantitative estimate of drug-likeness (QED) is 0.0146. The standard InChI is InChI=1S/C59H91N19O27S2/c1-18-33(75-48(77-46(18)63)23(9-30(61)84)69-11-22(60)47(64)93)50(95)76-35(43(24-12-67-17-70-24)102-58-45(39(89)36(86)28(13-80)101-58)103-57-41(91)44(104-59(65)98)37(87)29(14-81)100-57)52(97)71-19(2)27(83)10-31(85)74-34(20(3)82)51(96)78-53(105-56-40(90)38(88)32(62)21(4)99-56)42(92)55-73-26(16-107-55)54-72-25(15-106-54)49(94)68-6-5-66-7-8-79/h12,15-17,19-23,27-29,32,34-45,53,56-58,66,69,79-83,86-92H,5-11,13-14,60,62H2,1-4H3,(H2,61,84)(H2,64,93)(H2,65,98)(H,67,70)(H,68,94)(H,71,97)(H,74,85)(H,76,95)(H,78,96)(H2,63,75,77)/t19-,20-,21+,22+,23+,27+,28+,29-,32-,34+,35+,36-,37-,38-,39+,40-,41+,42?,43+,44+,45+,53?,56+,57-,58+/m1/s1. The van der Waals surface area contributed by atoms with Crippen LogP contribution in [0.2, 0.25) is 0 Å². The van der Waals surface area contributed by atoms with Crippen molar-refractivity contribution >= 4 is 75.9 Å². The Bertz CT molecular complexity index is 3630. The van der Waals surface area contributed by atoms with E-state index in [2.05, 4.69) is 67.1 Å². The predicted molar refractivity (Wildman–Crippen MR) is 361 cm³/mol. The van der Waals surface area contributed by atoms with E-state index in [1.54, 1.807) is 0 Å². The normalized spacial score (nSPS) is 27.4. The van der Waals surface area contributed by atoms with Crippen molar-refractivity contribution in [2.24, 2.45) is 28.7 Å². The molecule has 2 unspecified atom stereocenters. The van der Waals surface area contributed by atoms with Gasteiger partial charge >= 0.3 is 6.09 Å². The maximum Gasteiger partial charge on any atom is 0.404 e. The molecule has 107 heavy (non-hydrogen) atoms. The zero-order chi connectivity index (χ0) is 79.0. The molecule has 46 nitrogen and oxygen atoms in total. The smallest absolute Gasteiger partial charge is 0.404 e. The van der Waals surface area contributed by atoms with Gasteiger partial charge in [0.1, 0.15) is 112 Å². The van der Waals surface area contributed by atoms with E-state index in [1.165, 1.54) is 24.6 Å². The number of amides is 8. The molecule has 0 bridgehead atoms. The number of H-pyrrole nitrogens is 1. The Kier molecular flexibility index (Phi) is 31.8. The van der Waals surface area contributed by atoms with Gasteiger partial charge in [-0.2, -0.15) is 0 Å². The summed E-state index contributed by atoms with van der Waals surface area (Å²) < 4.78 is 40.3. The van der Waals surface area contributed by atoms with Gasteiger partial charge in [0, 0.05) is 48.9 Å². The molecular formula is C59H91N19O27S2. The Hall–Kier alpha value is -7.97. The second-order valence-corrected chi connectivity index (χ2v) is 26.7. The van der Waals surface area contributed by atoms with Gasteiger partial charge in [-0.05, 0) is 27.7 Å². The lowest BCUT2D eigenvalue weighted by Gasteiger charge is -2.47. The van der Waals surface area contributed by atoms with Crippen molar-refractivity contribution in [3.05, 3.63) is 56.8 Å². The molecule has 48 heteroatoms. The van der Waals surface area contributed by atoms with Crippen molar-refractivity contribution in [1.82, 2.24) is 67.1 Å². The zero-order valence-electron chi connectivity index (χ0n) is 57.6. The number of hydrogen-bond acceptors (Lipinski definition) is 39. The molecule has 4 aromatic heterocycles. The molecule has 4 aromatic rings. The third-order valence-corrected chi connectivity index (χ3v) is 18.8. The topological polar surface area (TPSA) is 765 Å². The maximum absolute atomic E-state index is 15.3. The molecular weight excluding hydrogens is 1470 g/mol. The van der Waals surface area contributed by atoms with Crippen molar-refractivity contribution in [3.63, 3.8) is 0 Å². The number of carbonyl (C=O) groups is 8. The molecule has 3 fully saturated rings. The molecule has 0 aliphatic carbocycles. The largest absolute Gasteiger partial charge is 0.441 e. The molecule has 0 radical (unpaired) electrons. The van der Waals surface area contributed by atoms with Crippen molar-refractivity contribution < 1.29 is 133 Å². The first-order chi connectivity index (χ1) is 50.6. The highest BCUT2D eigenvalue weighted by atomic mass is 32.1. The summed E-state index contributed by atoms with van der Waals surface area (Å²) in [5.74, 6) is -8.39. The molecule has 8 amide bonds. The molecule has 25 atom stereocenters. The average molecular weight is 1560 g/mol. The number of imidazole rings is 1. The van der Waals surface area contributed by atoms with Crippen LogP contribution < -0.4 is 71.6 Å². The number of aliphatic hydroxyl groups excluding tert-OH is 12. The fraction of sp³-hybridized carbons (Fsp3) is 0.644. The molecule has 3 aliphatic rings. The van der Waals surface area contributed by atoms with Crippen LogP contribution in [0.5, 0.6) is 0 Å². The van der Waals surface area contributed by atoms with Crippen LogP contribution in [0.15, 0.2) is 23.3 Å². The number of nitrogens with zero attached hydrogens (tertiary/aromatic N) is 5. The number of nitrogens with two attached hydrogens (primary N) is 6. The third kappa shape index (κ3) is 22.4. The van der Waals surface area contributed by atoms with Crippen molar-refractivity contribution in [2.45, 2.75) is 193 Å². The third-order valence-electron chi connectivity index (χ3n) is 17.0. The first-order valence-corrected chi connectivity index (χ1v) is 34.7. The lowest BCUT2D eigenvalue weighted by Crippen LogP contribution is -2.65. The Balaban J connectivity index is 1.17. The summed E-state index contributed by atoms with van der Waals surface area (Å²) in [5.41, 5.74) is 33.3. The molecule has 7 rings (SSSR count). The van der Waals surface area contributed by atoms with Gasteiger partial charge in [-0.1, -0.05) is 0 Å². The Morgan fingerprint density at radius 1 is 0.720 bits per heavy atom. The van der Waals surface area contributed by atoms with E-state index in [1.807, 2.05) is 0 Å². The van der Waals surface area contributed by atoms with Crippen LogP contribution in [0, 0.1) is 6.92 Å².